The Morgan fingerprint density at radius 2 is 1.82 bits per heavy atom. The highest BCUT2D eigenvalue weighted by Crippen LogP contribution is 2.26. The van der Waals surface area contributed by atoms with Crippen molar-refractivity contribution in [2.24, 2.45) is 7.05 Å². The number of nitrogens with zero attached hydrogens (tertiary/aromatic N) is 3. The summed E-state index contributed by atoms with van der Waals surface area (Å²) in [4.78, 5) is 14.0. The van der Waals surface area contributed by atoms with Gasteiger partial charge in [-0.3, -0.25) is 9.40 Å². The minimum Gasteiger partial charge on any atom is -0.478 e. The topological polar surface area (TPSA) is 105 Å². The Balaban J connectivity index is 1.74. The highest BCUT2D eigenvalue weighted by molar-refractivity contribution is 7.92. The zero-order valence-corrected chi connectivity index (χ0v) is 21.1. The largest absolute Gasteiger partial charge is 0.478 e. The number of aromatic carboxylic acids is 1. The molecule has 0 bridgehead atoms. The zero-order valence-electron chi connectivity index (χ0n) is 20.3. The quantitative estimate of drug-likeness (QED) is 0.448. The number of carboxylic acids is 1. The Hall–Kier alpha value is -3.33. The van der Waals surface area contributed by atoms with Crippen LogP contribution in [-0.4, -0.2) is 42.9 Å². The van der Waals surface area contributed by atoms with Crippen molar-refractivity contribution in [3.63, 3.8) is 0 Å². The van der Waals surface area contributed by atoms with Crippen LogP contribution in [0.2, 0.25) is 0 Å². The third-order valence-electron chi connectivity index (χ3n) is 6.11. The van der Waals surface area contributed by atoms with E-state index in [1.807, 2.05) is 44.4 Å². The monoisotopic (exact) mass is 484 g/mol. The summed E-state index contributed by atoms with van der Waals surface area (Å²) in [5, 5.41) is 14.2. The maximum absolute atomic E-state index is 12.8. The van der Waals surface area contributed by atoms with Crippen molar-refractivity contribution in [1.82, 2.24) is 9.78 Å². The highest BCUT2D eigenvalue weighted by atomic mass is 32.2. The molecular formula is C25H32N4O4S. The van der Waals surface area contributed by atoms with E-state index in [1.54, 1.807) is 36.4 Å². The maximum Gasteiger partial charge on any atom is 0.337 e. The summed E-state index contributed by atoms with van der Waals surface area (Å²) in [6.45, 7) is 6.67. The van der Waals surface area contributed by atoms with E-state index in [1.165, 1.54) is 11.6 Å². The molecule has 1 aromatic heterocycles. The lowest BCUT2D eigenvalue weighted by atomic mass is 10.1. The van der Waals surface area contributed by atoms with Crippen molar-refractivity contribution in [2.45, 2.75) is 44.9 Å². The molecule has 182 valence electrons. The van der Waals surface area contributed by atoms with Gasteiger partial charge in [-0.15, -0.1) is 0 Å². The van der Waals surface area contributed by atoms with Gasteiger partial charge in [-0.2, -0.15) is 5.10 Å². The van der Waals surface area contributed by atoms with Crippen LogP contribution in [0.4, 0.5) is 11.4 Å². The van der Waals surface area contributed by atoms with Gasteiger partial charge in [0, 0.05) is 32.0 Å². The molecule has 3 aromatic rings. The molecule has 0 saturated heterocycles. The first-order valence-electron chi connectivity index (χ1n) is 11.2. The van der Waals surface area contributed by atoms with Gasteiger partial charge in [0.2, 0.25) is 0 Å². The molecule has 0 spiro atoms. The number of benzene rings is 2. The molecule has 34 heavy (non-hydrogen) atoms. The summed E-state index contributed by atoms with van der Waals surface area (Å²) in [5.41, 5.74) is 5.16. The van der Waals surface area contributed by atoms with Crippen LogP contribution in [0.5, 0.6) is 0 Å². The molecule has 0 aliphatic rings. The number of carbonyl (C=O) groups is 1. The molecule has 0 saturated carbocycles. The summed E-state index contributed by atoms with van der Waals surface area (Å²) in [7, 11) is -0.0684. The predicted octanol–water partition coefficient (Wildman–Crippen LogP) is 4.17. The molecule has 1 heterocycles. The second-order valence-electron chi connectivity index (χ2n) is 8.44. The molecule has 0 atom stereocenters. The van der Waals surface area contributed by atoms with Gasteiger partial charge in [-0.1, -0.05) is 19.1 Å². The smallest absolute Gasteiger partial charge is 0.337 e. The lowest BCUT2D eigenvalue weighted by Gasteiger charge is -2.22. The molecule has 2 N–H and O–H groups in total. The lowest BCUT2D eigenvalue weighted by Crippen LogP contribution is -2.22. The third kappa shape index (κ3) is 5.59. The molecule has 0 amide bonds. The molecule has 0 aliphatic carbocycles. The van der Waals surface area contributed by atoms with Crippen LogP contribution < -0.4 is 9.62 Å². The molecule has 9 heteroatoms. The van der Waals surface area contributed by atoms with E-state index < -0.39 is 16.0 Å². The molecule has 0 unspecified atom stereocenters. The van der Waals surface area contributed by atoms with Gasteiger partial charge in [-0.05, 0) is 74.6 Å². The number of hydrogen-bond acceptors (Lipinski definition) is 5. The number of carboxylic acid groups (broad SMARTS) is 1. The standard InChI is InChI=1S/C25H32N4O4S/c1-6-19-9-12-21(13-10-19)34(32,33)27-20-11-14-24(23(16-20)25(30)31)28(4)15-7-8-22-17(2)26-29(5)18(22)3/h9-14,16,27H,6-8,15H2,1-5H3,(H,30,31). The SMILES string of the molecule is CCc1ccc(S(=O)(=O)Nc2ccc(N(C)CCCc3c(C)nn(C)c3C)c(C(=O)O)c2)cc1. The fourth-order valence-electron chi connectivity index (χ4n) is 4.01. The van der Waals surface area contributed by atoms with Crippen molar-refractivity contribution in [1.29, 1.82) is 0 Å². The predicted molar refractivity (Wildman–Crippen MR) is 134 cm³/mol. The van der Waals surface area contributed by atoms with Gasteiger partial charge in [-0.25, -0.2) is 13.2 Å². The van der Waals surface area contributed by atoms with E-state index in [0.717, 1.165) is 36.2 Å². The van der Waals surface area contributed by atoms with E-state index in [4.69, 9.17) is 0 Å². The maximum atomic E-state index is 12.8. The zero-order chi connectivity index (χ0) is 25.0. The van der Waals surface area contributed by atoms with E-state index in [-0.39, 0.29) is 16.1 Å². The Kier molecular flexibility index (Phi) is 7.66. The van der Waals surface area contributed by atoms with Crippen LogP contribution >= 0.6 is 0 Å². The summed E-state index contributed by atoms with van der Waals surface area (Å²) >= 11 is 0. The van der Waals surface area contributed by atoms with Gasteiger partial charge >= 0.3 is 5.97 Å². The van der Waals surface area contributed by atoms with Crippen LogP contribution in [0.15, 0.2) is 47.4 Å². The van der Waals surface area contributed by atoms with Crippen molar-refractivity contribution in [3.05, 3.63) is 70.5 Å². The average Bonchev–Trinajstić information content (AvgIpc) is 3.04. The highest BCUT2D eigenvalue weighted by Gasteiger charge is 2.19. The van der Waals surface area contributed by atoms with Crippen LogP contribution in [0.25, 0.3) is 0 Å². The number of anilines is 2. The second-order valence-corrected chi connectivity index (χ2v) is 10.1. The third-order valence-corrected chi connectivity index (χ3v) is 7.51. The first-order chi connectivity index (χ1) is 16.0. The fourth-order valence-corrected chi connectivity index (χ4v) is 5.06. The van der Waals surface area contributed by atoms with Gasteiger partial charge in [0.1, 0.15) is 0 Å². The van der Waals surface area contributed by atoms with Crippen molar-refractivity contribution >= 4 is 27.4 Å². The number of hydrogen-bond donors (Lipinski definition) is 2. The summed E-state index contributed by atoms with van der Waals surface area (Å²) < 4.78 is 29.9. The van der Waals surface area contributed by atoms with E-state index in [9.17, 15) is 18.3 Å². The number of nitrogens with one attached hydrogen (secondary N) is 1. The summed E-state index contributed by atoms with van der Waals surface area (Å²) in [5.74, 6) is -1.12. The first-order valence-corrected chi connectivity index (χ1v) is 12.7. The number of rotatable bonds is 10. The summed E-state index contributed by atoms with van der Waals surface area (Å²) in [6.07, 6.45) is 2.48. The van der Waals surface area contributed by atoms with E-state index >= 15 is 0 Å². The van der Waals surface area contributed by atoms with Gasteiger partial charge in [0.15, 0.2) is 0 Å². The minimum absolute atomic E-state index is 0.0396. The Morgan fingerprint density at radius 3 is 2.38 bits per heavy atom. The van der Waals surface area contributed by atoms with Crippen molar-refractivity contribution in [3.8, 4) is 0 Å². The summed E-state index contributed by atoms with van der Waals surface area (Å²) in [6, 6.07) is 11.2. The van der Waals surface area contributed by atoms with Crippen molar-refractivity contribution < 1.29 is 18.3 Å². The normalized spacial score (nSPS) is 11.4. The van der Waals surface area contributed by atoms with Crippen LogP contribution in [0, 0.1) is 13.8 Å². The Bertz CT molecular complexity index is 1280. The van der Waals surface area contributed by atoms with E-state index in [2.05, 4.69) is 9.82 Å². The number of aryl methyl sites for hydroxylation is 3. The lowest BCUT2D eigenvalue weighted by molar-refractivity contribution is 0.0697. The van der Waals surface area contributed by atoms with Gasteiger partial charge in [0.05, 0.1) is 21.8 Å². The van der Waals surface area contributed by atoms with Crippen LogP contribution in [0.3, 0.4) is 0 Å². The molecule has 0 aliphatic heterocycles. The fraction of sp³-hybridized carbons (Fsp3) is 0.360. The Labute approximate surface area is 201 Å². The minimum atomic E-state index is -3.83. The Morgan fingerprint density at radius 1 is 1.15 bits per heavy atom. The first kappa shape index (κ1) is 25.3. The van der Waals surface area contributed by atoms with Crippen LogP contribution in [-0.2, 0) is 29.9 Å². The molecule has 0 radical (unpaired) electrons. The van der Waals surface area contributed by atoms with Gasteiger partial charge < -0.3 is 10.0 Å². The molecule has 8 nitrogen and oxygen atoms in total. The van der Waals surface area contributed by atoms with Gasteiger partial charge in [0.25, 0.3) is 10.0 Å². The van der Waals surface area contributed by atoms with E-state index in [0.29, 0.717) is 12.2 Å². The molecule has 2 aromatic carbocycles. The van der Waals surface area contributed by atoms with Crippen LogP contribution in [0.1, 0.15) is 46.2 Å². The molecule has 0 fully saturated rings. The number of sulfonamides is 1. The second kappa shape index (κ2) is 10.3. The number of aromatic nitrogens is 2. The molecular weight excluding hydrogens is 452 g/mol. The molecule has 3 rings (SSSR count). The van der Waals surface area contributed by atoms with Crippen molar-refractivity contribution in [2.75, 3.05) is 23.2 Å². The average molecular weight is 485 g/mol.